The van der Waals surface area contributed by atoms with Crippen LogP contribution in [0, 0.1) is 35.5 Å². The van der Waals surface area contributed by atoms with Crippen LogP contribution in [0.15, 0.2) is 52.0 Å². The smallest absolute Gasteiger partial charge is 0.254 e. The van der Waals surface area contributed by atoms with Gasteiger partial charge in [-0.2, -0.15) is 10.1 Å². The van der Waals surface area contributed by atoms with Gasteiger partial charge in [-0.05, 0) is 60.4 Å². The minimum Gasteiger partial charge on any atom is -0.455 e. The molecule has 1 aromatic carbocycles. The van der Waals surface area contributed by atoms with Gasteiger partial charge in [0.25, 0.3) is 11.8 Å². The van der Waals surface area contributed by atoms with Gasteiger partial charge >= 0.3 is 0 Å². The maximum Gasteiger partial charge on any atom is 0.254 e. The van der Waals surface area contributed by atoms with E-state index in [2.05, 4.69) is 17.3 Å². The number of halogens is 2. The SMILES string of the molecule is O=C1[C@@H]2[C@@H]3C=C[C@H]([C@H]4C[C@@H]34)[C@@H]2C(=O)N1/N=C\c1ccc(-c2ccc(Cl)c(Cl)c2)o1. The molecule has 7 rings (SSSR count). The van der Waals surface area contributed by atoms with E-state index in [1.807, 2.05) is 0 Å². The Morgan fingerprint density at radius 3 is 2.31 bits per heavy atom. The van der Waals surface area contributed by atoms with Crippen LogP contribution in [0.2, 0.25) is 10.0 Å². The molecule has 5 aliphatic rings. The number of hydrazone groups is 1. The summed E-state index contributed by atoms with van der Waals surface area (Å²) in [6.45, 7) is 0. The Morgan fingerprint density at radius 2 is 1.66 bits per heavy atom. The Bertz CT molecular complexity index is 1090. The predicted octanol–water partition coefficient (Wildman–Crippen LogP) is 4.64. The van der Waals surface area contributed by atoms with Crippen LogP contribution in [0.4, 0.5) is 0 Å². The molecule has 146 valence electrons. The van der Waals surface area contributed by atoms with Gasteiger partial charge in [-0.15, -0.1) is 0 Å². The summed E-state index contributed by atoms with van der Waals surface area (Å²) >= 11 is 12.0. The molecule has 0 unspecified atom stereocenters. The van der Waals surface area contributed by atoms with Crippen molar-refractivity contribution in [2.24, 2.45) is 40.6 Å². The van der Waals surface area contributed by atoms with Crippen molar-refractivity contribution in [1.29, 1.82) is 0 Å². The molecule has 1 saturated heterocycles. The van der Waals surface area contributed by atoms with Crippen molar-refractivity contribution in [1.82, 2.24) is 5.01 Å². The normalized spacial score (nSPS) is 34.2. The van der Waals surface area contributed by atoms with E-state index >= 15 is 0 Å². The lowest BCUT2D eigenvalue weighted by Crippen LogP contribution is -2.40. The van der Waals surface area contributed by atoms with Crippen molar-refractivity contribution in [3.8, 4) is 11.3 Å². The molecule has 6 atom stereocenters. The molecular formula is C22H16Cl2N2O3. The highest BCUT2D eigenvalue weighted by molar-refractivity contribution is 6.42. The molecule has 0 spiro atoms. The quantitative estimate of drug-likeness (QED) is 0.407. The zero-order chi connectivity index (χ0) is 19.9. The summed E-state index contributed by atoms with van der Waals surface area (Å²) in [5, 5.41) is 6.15. The number of imide groups is 1. The van der Waals surface area contributed by atoms with Crippen molar-refractivity contribution in [2.75, 3.05) is 0 Å². The van der Waals surface area contributed by atoms with Crippen LogP contribution in [0.25, 0.3) is 11.3 Å². The van der Waals surface area contributed by atoms with E-state index in [0.717, 1.165) is 17.0 Å². The summed E-state index contributed by atoms with van der Waals surface area (Å²) in [5.41, 5.74) is 0.778. The zero-order valence-corrected chi connectivity index (χ0v) is 16.7. The van der Waals surface area contributed by atoms with Gasteiger partial charge in [-0.1, -0.05) is 35.4 Å². The van der Waals surface area contributed by atoms with Gasteiger partial charge in [0.2, 0.25) is 0 Å². The Balaban J connectivity index is 1.24. The van der Waals surface area contributed by atoms with Gasteiger partial charge in [-0.3, -0.25) is 9.59 Å². The third kappa shape index (κ3) is 2.50. The van der Waals surface area contributed by atoms with Crippen molar-refractivity contribution in [3.05, 3.63) is 58.3 Å². The topological polar surface area (TPSA) is 62.9 Å². The van der Waals surface area contributed by atoms with E-state index in [9.17, 15) is 9.59 Å². The Labute approximate surface area is 177 Å². The highest BCUT2D eigenvalue weighted by Crippen LogP contribution is 2.65. The first-order valence-electron chi connectivity index (χ1n) is 9.68. The van der Waals surface area contributed by atoms with E-state index < -0.39 is 0 Å². The fourth-order valence-corrected chi connectivity index (χ4v) is 5.69. The Morgan fingerprint density at radius 1 is 0.966 bits per heavy atom. The van der Waals surface area contributed by atoms with Crippen molar-refractivity contribution < 1.29 is 14.0 Å². The van der Waals surface area contributed by atoms with Gasteiger partial charge in [0.1, 0.15) is 11.5 Å². The van der Waals surface area contributed by atoms with Crippen LogP contribution in [-0.4, -0.2) is 23.0 Å². The van der Waals surface area contributed by atoms with Gasteiger partial charge in [0, 0.05) is 5.56 Å². The van der Waals surface area contributed by atoms with Crippen molar-refractivity contribution >= 4 is 41.2 Å². The lowest BCUT2D eigenvalue weighted by atomic mass is 9.63. The molecule has 1 aromatic heterocycles. The van der Waals surface area contributed by atoms with E-state index in [-0.39, 0.29) is 35.5 Å². The summed E-state index contributed by atoms with van der Waals surface area (Å²) in [7, 11) is 0. The van der Waals surface area contributed by atoms with E-state index in [1.54, 1.807) is 30.3 Å². The standard InChI is InChI=1S/C22H16Cl2N2O3/c23-16-5-1-10(7-17(16)24)18-6-2-11(29-18)9-25-26-21(27)19-12-3-4-13(15-8-14(12)15)20(19)22(26)28/h1-7,9,12-15,19-20H,8H2/b25-9-/t12-,13-,14-,15+,19+,20-/m1/s1. The van der Waals surface area contributed by atoms with E-state index in [1.165, 1.54) is 6.21 Å². The third-order valence-electron chi connectivity index (χ3n) is 6.77. The summed E-state index contributed by atoms with van der Waals surface area (Å²) in [4.78, 5) is 25.8. The van der Waals surface area contributed by atoms with E-state index in [0.29, 0.717) is 33.4 Å². The second-order valence-electron chi connectivity index (χ2n) is 8.22. The number of rotatable bonds is 3. The third-order valence-corrected chi connectivity index (χ3v) is 7.51. The van der Waals surface area contributed by atoms with Crippen molar-refractivity contribution in [3.63, 3.8) is 0 Å². The molecule has 1 aliphatic heterocycles. The van der Waals surface area contributed by atoms with Gasteiger partial charge in [0.15, 0.2) is 0 Å². The number of allylic oxidation sites excluding steroid dienone is 2. The highest BCUT2D eigenvalue weighted by atomic mass is 35.5. The number of carbonyl (C=O) groups is 2. The first kappa shape index (κ1) is 17.5. The number of hydrogen-bond acceptors (Lipinski definition) is 4. The number of carbonyl (C=O) groups excluding carboxylic acids is 2. The molecule has 2 aromatic rings. The molecule has 0 N–H and O–H groups in total. The molecular weight excluding hydrogens is 411 g/mol. The molecule has 29 heavy (non-hydrogen) atoms. The fraction of sp³-hybridized carbons (Fsp3) is 0.318. The monoisotopic (exact) mass is 426 g/mol. The lowest BCUT2D eigenvalue weighted by molar-refractivity contribution is -0.140. The first-order chi connectivity index (χ1) is 14.0. The number of amides is 2. The first-order valence-corrected chi connectivity index (χ1v) is 10.4. The molecule has 5 nitrogen and oxygen atoms in total. The molecule has 2 heterocycles. The van der Waals surface area contributed by atoms with Crippen LogP contribution in [-0.2, 0) is 9.59 Å². The molecule has 2 saturated carbocycles. The predicted molar refractivity (Wildman–Crippen MR) is 108 cm³/mol. The van der Waals surface area contributed by atoms with Gasteiger partial charge in [-0.25, -0.2) is 0 Å². The van der Waals surface area contributed by atoms with E-state index in [4.69, 9.17) is 27.6 Å². The number of furan rings is 1. The van der Waals surface area contributed by atoms with Crippen LogP contribution >= 0.6 is 23.2 Å². The molecule has 7 heteroatoms. The zero-order valence-electron chi connectivity index (χ0n) is 15.2. The largest absolute Gasteiger partial charge is 0.455 e. The number of benzene rings is 1. The second kappa shape index (κ2) is 6.07. The minimum absolute atomic E-state index is 0.183. The number of nitrogens with zero attached hydrogens (tertiary/aromatic N) is 2. The van der Waals surface area contributed by atoms with Crippen LogP contribution in [0.5, 0.6) is 0 Å². The van der Waals surface area contributed by atoms with Crippen LogP contribution < -0.4 is 0 Å². The summed E-state index contributed by atoms with van der Waals surface area (Å²) in [6.07, 6.45) is 6.86. The fourth-order valence-electron chi connectivity index (χ4n) is 5.40. The lowest BCUT2D eigenvalue weighted by Gasteiger charge is -2.37. The molecule has 2 bridgehead atoms. The molecule has 0 radical (unpaired) electrons. The Kier molecular flexibility index (Phi) is 3.66. The number of hydrogen-bond donors (Lipinski definition) is 0. The maximum atomic E-state index is 12.9. The molecule has 2 amide bonds. The Hall–Kier alpha value is -2.37. The van der Waals surface area contributed by atoms with Crippen molar-refractivity contribution in [2.45, 2.75) is 6.42 Å². The summed E-state index contributed by atoms with van der Waals surface area (Å²) < 4.78 is 5.78. The highest BCUT2D eigenvalue weighted by Gasteiger charge is 2.67. The molecule has 4 aliphatic carbocycles. The van der Waals surface area contributed by atoms with Crippen LogP contribution in [0.3, 0.4) is 0 Å². The second-order valence-corrected chi connectivity index (χ2v) is 9.03. The minimum atomic E-state index is -0.248. The average molecular weight is 427 g/mol. The van der Waals surface area contributed by atoms with Gasteiger partial charge in [0.05, 0.1) is 28.1 Å². The van der Waals surface area contributed by atoms with Crippen LogP contribution in [0.1, 0.15) is 12.2 Å². The average Bonchev–Trinajstić information content (AvgIpc) is 3.36. The maximum absolute atomic E-state index is 12.9. The summed E-state index contributed by atoms with van der Waals surface area (Å²) in [6, 6.07) is 8.74. The van der Waals surface area contributed by atoms with Gasteiger partial charge < -0.3 is 4.42 Å². The molecule has 3 fully saturated rings. The summed E-state index contributed by atoms with van der Waals surface area (Å²) in [5.74, 6) is 1.72.